The zero-order valence-corrected chi connectivity index (χ0v) is 33.8. The molecule has 3 aliphatic carbocycles. The van der Waals surface area contributed by atoms with E-state index in [2.05, 4.69) is 20.4 Å². The fourth-order valence-electron chi connectivity index (χ4n) is 9.04. The van der Waals surface area contributed by atoms with Crippen LogP contribution in [0.1, 0.15) is 107 Å². The normalized spacial score (nSPS) is 18.5. The van der Waals surface area contributed by atoms with E-state index in [9.17, 15) is 35.9 Å². The topological polar surface area (TPSA) is 130 Å². The lowest BCUT2D eigenvalue weighted by atomic mass is 9.93. The molecule has 6 heterocycles. The summed E-state index contributed by atoms with van der Waals surface area (Å²) in [5, 5.41) is 12.3. The molecule has 2 saturated heterocycles. The molecule has 2 aliphatic heterocycles. The standard InChI is InChI=1S/C23H28F3N3O3.C19H22F3N3O3/c1-2-31-22(30)21-19(23(24,25)26)18-17(32-21)6-5-16-13-29(27-20(16)18)12-15-7-9-28(10-8-15)11-14-3-4-14;1-2-27-18(26)17-15(19(20,21)22)14-13(28-17)4-3-12-10-25(24-16(12)14)9-11-5-7-23-8-6-11/h13-15H,2-12H2,1H3;10-11,23H,2-9H2,1H3. The van der Waals surface area contributed by atoms with Gasteiger partial charge in [-0.05, 0) is 120 Å². The molecular weight excluding hydrogens is 798 g/mol. The van der Waals surface area contributed by atoms with Crippen molar-refractivity contribution in [3.63, 3.8) is 0 Å². The van der Waals surface area contributed by atoms with Gasteiger partial charge in [0.25, 0.3) is 0 Å². The molecule has 60 heavy (non-hydrogen) atoms. The van der Waals surface area contributed by atoms with Crippen LogP contribution in [0.2, 0.25) is 0 Å². The van der Waals surface area contributed by atoms with Crippen molar-refractivity contribution in [2.24, 2.45) is 17.8 Å². The lowest BCUT2D eigenvalue weighted by Crippen LogP contribution is -2.36. The quantitative estimate of drug-likeness (QED) is 0.124. The molecule has 9 rings (SSSR count). The summed E-state index contributed by atoms with van der Waals surface area (Å²) in [4.78, 5) is 26.8. The van der Waals surface area contributed by atoms with Gasteiger partial charge >= 0.3 is 24.3 Å². The van der Waals surface area contributed by atoms with Crippen LogP contribution in [0, 0.1) is 17.8 Å². The number of hydrogen-bond acceptors (Lipinski definition) is 10. The lowest BCUT2D eigenvalue weighted by molar-refractivity contribution is -0.138. The molecule has 1 N–H and O–H groups in total. The van der Waals surface area contributed by atoms with Gasteiger partial charge in [-0.1, -0.05) is 0 Å². The van der Waals surface area contributed by atoms with Crippen molar-refractivity contribution in [1.82, 2.24) is 29.8 Å². The summed E-state index contributed by atoms with van der Waals surface area (Å²) in [6, 6.07) is 0. The molecule has 326 valence electrons. The minimum Gasteiger partial charge on any atom is -0.460 e. The molecule has 0 radical (unpaired) electrons. The van der Waals surface area contributed by atoms with Crippen LogP contribution in [-0.4, -0.2) is 82.3 Å². The first-order valence-electron chi connectivity index (χ1n) is 21.1. The number of piperidine rings is 2. The summed E-state index contributed by atoms with van der Waals surface area (Å²) in [6.45, 7) is 9.64. The van der Waals surface area contributed by atoms with Crippen molar-refractivity contribution in [2.75, 3.05) is 45.9 Å². The van der Waals surface area contributed by atoms with Crippen LogP contribution in [0.4, 0.5) is 26.3 Å². The first-order valence-corrected chi connectivity index (χ1v) is 21.1. The molecule has 0 unspecified atom stereocenters. The number of nitrogens with zero attached hydrogens (tertiary/aromatic N) is 5. The third-order valence-electron chi connectivity index (χ3n) is 12.1. The molecule has 0 spiro atoms. The van der Waals surface area contributed by atoms with E-state index in [1.54, 1.807) is 16.3 Å². The number of furan rings is 2. The van der Waals surface area contributed by atoms with Gasteiger partial charge < -0.3 is 28.5 Å². The van der Waals surface area contributed by atoms with Gasteiger partial charge in [0, 0.05) is 44.9 Å². The van der Waals surface area contributed by atoms with E-state index < -0.39 is 46.9 Å². The fraction of sp³-hybridized carbons (Fsp3) is 0.619. The SMILES string of the molecule is CCOC(=O)c1oc2c(c1C(F)(F)F)-c1nn(CC3CCN(CC4CC4)CC3)cc1CC2.CCOC(=O)c1oc2c(c1C(F)(F)F)-c1nn(CC3CCNCC3)cc1CC2. The molecule has 5 aliphatic rings. The second-order valence-corrected chi connectivity index (χ2v) is 16.5. The van der Waals surface area contributed by atoms with E-state index in [4.69, 9.17) is 18.3 Å². The second kappa shape index (κ2) is 17.1. The Morgan fingerprint density at radius 2 is 1.10 bits per heavy atom. The molecule has 12 nitrogen and oxygen atoms in total. The smallest absolute Gasteiger partial charge is 0.421 e. The predicted molar refractivity (Wildman–Crippen MR) is 204 cm³/mol. The van der Waals surface area contributed by atoms with Gasteiger partial charge in [0.1, 0.15) is 22.6 Å². The molecular formula is C42H50F6N6O6. The summed E-state index contributed by atoms with van der Waals surface area (Å²) >= 11 is 0. The first-order chi connectivity index (χ1) is 28.7. The molecule has 4 aromatic heterocycles. The van der Waals surface area contributed by atoms with Crippen molar-refractivity contribution in [2.45, 2.75) is 103 Å². The van der Waals surface area contributed by atoms with E-state index in [0.717, 1.165) is 68.9 Å². The van der Waals surface area contributed by atoms with Crippen molar-refractivity contribution in [3.8, 4) is 22.5 Å². The van der Waals surface area contributed by atoms with Crippen LogP contribution in [0.3, 0.4) is 0 Å². The highest BCUT2D eigenvalue weighted by atomic mass is 19.4. The minimum atomic E-state index is -4.74. The maximum atomic E-state index is 14.0. The summed E-state index contributed by atoms with van der Waals surface area (Å²) < 4.78 is 107. The maximum Gasteiger partial charge on any atom is 0.421 e. The fourth-order valence-corrected chi connectivity index (χ4v) is 9.04. The number of carbonyl (C=O) groups excluding carboxylic acids is 2. The molecule has 18 heteroatoms. The highest BCUT2D eigenvalue weighted by Gasteiger charge is 2.47. The third-order valence-corrected chi connectivity index (χ3v) is 12.1. The van der Waals surface area contributed by atoms with Crippen LogP contribution in [0.5, 0.6) is 0 Å². The first kappa shape index (κ1) is 42.1. The van der Waals surface area contributed by atoms with E-state index in [-0.39, 0.29) is 47.2 Å². The van der Waals surface area contributed by atoms with Crippen LogP contribution in [0.25, 0.3) is 22.5 Å². The van der Waals surface area contributed by atoms with Gasteiger partial charge in [0.05, 0.1) is 35.7 Å². The van der Waals surface area contributed by atoms with Crippen molar-refractivity contribution in [3.05, 3.63) is 57.7 Å². The zero-order chi connectivity index (χ0) is 42.3. The van der Waals surface area contributed by atoms with E-state index in [1.807, 2.05) is 12.4 Å². The average Bonchev–Trinajstić information content (AvgIpc) is 3.53. The van der Waals surface area contributed by atoms with Gasteiger partial charge in [-0.25, -0.2) is 9.59 Å². The van der Waals surface area contributed by atoms with Gasteiger partial charge in [0.15, 0.2) is 0 Å². The number of alkyl halides is 6. The van der Waals surface area contributed by atoms with Gasteiger partial charge in [-0.3, -0.25) is 9.36 Å². The number of aryl methyl sites for hydroxylation is 4. The summed E-state index contributed by atoms with van der Waals surface area (Å²) in [7, 11) is 0. The number of hydrogen-bond donors (Lipinski definition) is 1. The van der Waals surface area contributed by atoms with Crippen molar-refractivity contribution < 1.29 is 54.2 Å². The predicted octanol–water partition coefficient (Wildman–Crippen LogP) is 8.00. The Balaban J connectivity index is 0.000000168. The number of nitrogens with one attached hydrogen (secondary N) is 1. The lowest BCUT2D eigenvalue weighted by Gasteiger charge is -2.31. The Hall–Kier alpha value is -4.58. The average molecular weight is 849 g/mol. The van der Waals surface area contributed by atoms with Crippen LogP contribution in [-0.2, 0) is 60.6 Å². The van der Waals surface area contributed by atoms with Gasteiger partial charge in [-0.15, -0.1) is 0 Å². The van der Waals surface area contributed by atoms with Crippen LogP contribution < -0.4 is 5.32 Å². The largest absolute Gasteiger partial charge is 0.460 e. The maximum absolute atomic E-state index is 14.0. The molecule has 0 bridgehead atoms. The zero-order valence-electron chi connectivity index (χ0n) is 33.8. The van der Waals surface area contributed by atoms with Crippen molar-refractivity contribution in [1.29, 1.82) is 0 Å². The number of aromatic nitrogens is 4. The monoisotopic (exact) mass is 848 g/mol. The molecule has 0 atom stereocenters. The Kier molecular flexibility index (Phi) is 12.0. The van der Waals surface area contributed by atoms with E-state index >= 15 is 0 Å². The number of halogens is 6. The Labute approximate surface area is 342 Å². The number of fused-ring (bicyclic) bond motifs is 6. The summed E-state index contributed by atoms with van der Waals surface area (Å²) in [5.41, 5.74) is -0.278. The Morgan fingerprint density at radius 3 is 1.52 bits per heavy atom. The van der Waals surface area contributed by atoms with Gasteiger partial charge in [0.2, 0.25) is 11.5 Å². The third kappa shape index (κ3) is 8.90. The molecule has 3 fully saturated rings. The molecule has 0 aromatic carbocycles. The number of likely N-dealkylation sites (tertiary alicyclic amines) is 1. The van der Waals surface area contributed by atoms with Crippen LogP contribution >= 0.6 is 0 Å². The van der Waals surface area contributed by atoms with Crippen molar-refractivity contribution >= 4 is 11.9 Å². The number of rotatable bonds is 10. The second-order valence-electron chi connectivity index (χ2n) is 16.5. The number of esters is 2. The Morgan fingerprint density at radius 1 is 0.667 bits per heavy atom. The molecule has 0 amide bonds. The van der Waals surface area contributed by atoms with E-state index in [0.29, 0.717) is 50.6 Å². The van der Waals surface area contributed by atoms with E-state index in [1.165, 1.54) is 26.3 Å². The highest BCUT2D eigenvalue weighted by Crippen LogP contribution is 2.48. The molecule has 4 aromatic rings. The number of carbonyl (C=O) groups is 2. The Bertz CT molecular complexity index is 2180. The van der Waals surface area contributed by atoms with Crippen LogP contribution in [0.15, 0.2) is 21.2 Å². The summed E-state index contributed by atoms with van der Waals surface area (Å²) in [5.74, 6) is -1.63. The highest BCUT2D eigenvalue weighted by molar-refractivity contribution is 5.93. The van der Waals surface area contributed by atoms with Gasteiger partial charge in [-0.2, -0.15) is 36.5 Å². The summed E-state index contributed by atoms with van der Waals surface area (Å²) in [6.07, 6.45) is 2.77. The minimum absolute atomic E-state index is 0.0269. The molecule has 1 saturated carbocycles. The number of ether oxygens (including phenoxy) is 2.